The molecule has 1 fully saturated rings. The molecule has 1 nitrogen and oxygen atoms in total. The average Bonchev–Trinajstić information content (AvgIpc) is 2.94. The lowest BCUT2D eigenvalue weighted by Gasteiger charge is -2.27. The van der Waals surface area contributed by atoms with Crippen molar-refractivity contribution in [3.8, 4) is 0 Å². The first-order valence-corrected chi connectivity index (χ1v) is 6.43. The summed E-state index contributed by atoms with van der Waals surface area (Å²) in [6, 6.07) is 7.11. The molecule has 0 saturated heterocycles. The lowest BCUT2D eigenvalue weighted by Crippen LogP contribution is -2.28. The van der Waals surface area contributed by atoms with Crippen LogP contribution >= 0.6 is 0 Å². The lowest BCUT2D eigenvalue weighted by molar-refractivity contribution is 0.400. The van der Waals surface area contributed by atoms with Gasteiger partial charge < -0.3 is 5.32 Å². The van der Waals surface area contributed by atoms with Crippen molar-refractivity contribution >= 4 is 5.69 Å². The molecule has 4 unspecified atom stereocenters. The number of rotatable bonds is 3. The molecule has 1 aromatic carbocycles. The van der Waals surface area contributed by atoms with Crippen LogP contribution in [0.15, 0.2) is 36.4 Å². The smallest absolute Gasteiger partial charge is 0.123 e. The zero-order valence-corrected chi connectivity index (χ0v) is 10.1. The fourth-order valence-electron chi connectivity index (χ4n) is 3.31. The van der Waals surface area contributed by atoms with Crippen molar-refractivity contribution in [2.45, 2.75) is 25.8 Å². The van der Waals surface area contributed by atoms with Gasteiger partial charge in [-0.3, -0.25) is 0 Å². The lowest BCUT2D eigenvalue weighted by atomic mass is 9.87. The molecule has 0 aromatic heterocycles. The molecule has 2 aliphatic rings. The van der Waals surface area contributed by atoms with Crippen LogP contribution in [0.2, 0.25) is 0 Å². The molecular formula is C15H18FN. The second-order valence-electron chi connectivity index (χ2n) is 5.38. The van der Waals surface area contributed by atoms with Crippen LogP contribution in [-0.4, -0.2) is 6.04 Å². The Morgan fingerprint density at radius 3 is 2.53 bits per heavy atom. The molecule has 1 aromatic rings. The highest BCUT2D eigenvalue weighted by Crippen LogP contribution is 2.45. The molecule has 17 heavy (non-hydrogen) atoms. The Kier molecular flexibility index (Phi) is 2.65. The van der Waals surface area contributed by atoms with Crippen molar-refractivity contribution in [2.75, 3.05) is 5.32 Å². The third-order valence-electron chi connectivity index (χ3n) is 4.21. The third kappa shape index (κ3) is 2.08. The van der Waals surface area contributed by atoms with Gasteiger partial charge in [-0.25, -0.2) is 4.39 Å². The molecule has 0 aliphatic heterocycles. The van der Waals surface area contributed by atoms with E-state index in [9.17, 15) is 4.39 Å². The summed E-state index contributed by atoms with van der Waals surface area (Å²) in [5, 5.41) is 3.50. The van der Waals surface area contributed by atoms with Crippen LogP contribution in [0.1, 0.15) is 19.8 Å². The predicted molar refractivity (Wildman–Crippen MR) is 68.3 cm³/mol. The summed E-state index contributed by atoms with van der Waals surface area (Å²) in [5.41, 5.74) is 1.02. The second-order valence-corrected chi connectivity index (χ2v) is 5.38. The standard InChI is InChI=1S/C15H18FN/c1-10(15-9-11-2-3-12(15)8-11)17-14-6-4-13(16)5-7-14/h2-7,10-12,15,17H,8-9H2,1H3. The third-order valence-corrected chi connectivity index (χ3v) is 4.21. The van der Waals surface area contributed by atoms with Gasteiger partial charge in [0.15, 0.2) is 0 Å². The van der Waals surface area contributed by atoms with Crippen LogP contribution in [0.5, 0.6) is 0 Å². The van der Waals surface area contributed by atoms with Gasteiger partial charge in [-0.1, -0.05) is 12.2 Å². The largest absolute Gasteiger partial charge is 0.382 e. The highest BCUT2D eigenvalue weighted by molar-refractivity contribution is 5.44. The Morgan fingerprint density at radius 2 is 1.94 bits per heavy atom. The zero-order chi connectivity index (χ0) is 11.8. The Morgan fingerprint density at radius 1 is 1.18 bits per heavy atom. The first kappa shape index (κ1) is 10.8. The number of allylic oxidation sites excluding steroid dienone is 2. The van der Waals surface area contributed by atoms with Crippen molar-refractivity contribution in [1.29, 1.82) is 0 Å². The number of benzene rings is 1. The molecule has 1 saturated carbocycles. The highest BCUT2D eigenvalue weighted by atomic mass is 19.1. The molecule has 0 spiro atoms. The second kappa shape index (κ2) is 4.17. The fraction of sp³-hybridized carbons (Fsp3) is 0.467. The number of anilines is 1. The van der Waals surface area contributed by atoms with Gasteiger partial charge in [0.05, 0.1) is 0 Å². The van der Waals surface area contributed by atoms with Gasteiger partial charge >= 0.3 is 0 Å². The molecule has 4 atom stereocenters. The SMILES string of the molecule is CC(Nc1ccc(F)cc1)C1CC2C=CC1C2. The number of halogens is 1. The minimum absolute atomic E-state index is 0.175. The topological polar surface area (TPSA) is 12.0 Å². The van der Waals surface area contributed by atoms with E-state index in [-0.39, 0.29) is 5.82 Å². The number of fused-ring (bicyclic) bond motifs is 2. The van der Waals surface area contributed by atoms with E-state index in [1.165, 1.54) is 25.0 Å². The minimum Gasteiger partial charge on any atom is -0.382 e. The van der Waals surface area contributed by atoms with Crippen molar-refractivity contribution < 1.29 is 4.39 Å². The fourth-order valence-corrected chi connectivity index (χ4v) is 3.31. The maximum absolute atomic E-state index is 12.8. The van der Waals surface area contributed by atoms with E-state index in [1.807, 2.05) is 12.1 Å². The van der Waals surface area contributed by atoms with Crippen LogP contribution in [0, 0.1) is 23.6 Å². The molecule has 1 N–H and O–H groups in total. The molecule has 3 rings (SSSR count). The normalized spacial score (nSPS) is 31.8. The van der Waals surface area contributed by atoms with Crippen LogP contribution in [0.3, 0.4) is 0 Å². The summed E-state index contributed by atoms with van der Waals surface area (Å²) in [4.78, 5) is 0. The maximum atomic E-state index is 12.8. The molecule has 2 heteroatoms. The van der Waals surface area contributed by atoms with E-state index in [2.05, 4.69) is 24.4 Å². The molecular weight excluding hydrogens is 213 g/mol. The predicted octanol–water partition coefficient (Wildman–Crippen LogP) is 3.84. The van der Waals surface area contributed by atoms with E-state index in [4.69, 9.17) is 0 Å². The summed E-state index contributed by atoms with van der Waals surface area (Å²) >= 11 is 0. The average molecular weight is 231 g/mol. The molecule has 90 valence electrons. The van der Waals surface area contributed by atoms with Crippen LogP contribution in [0.4, 0.5) is 10.1 Å². The first-order chi connectivity index (χ1) is 8.22. The van der Waals surface area contributed by atoms with Crippen molar-refractivity contribution in [3.63, 3.8) is 0 Å². The summed E-state index contributed by atoms with van der Waals surface area (Å²) in [5.74, 6) is 2.12. The minimum atomic E-state index is -0.175. The van der Waals surface area contributed by atoms with E-state index in [0.29, 0.717) is 6.04 Å². The van der Waals surface area contributed by atoms with Crippen LogP contribution in [0.25, 0.3) is 0 Å². The van der Waals surface area contributed by atoms with E-state index >= 15 is 0 Å². The van der Waals surface area contributed by atoms with Gasteiger partial charge in [0.1, 0.15) is 5.82 Å². The van der Waals surface area contributed by atoms with E-state index < -0.39 is 0 Å². The number of hydrogen-bond donors (Lipinski definition) is 1. The van der Waals surface area contributed by atoms with Gasteiger partial charge in [-0.2, -0.15) is 0 Å². The molecule has 0 radical (unpaired) electrons. The van der Waals surface area contributed by atoms with Crippen molar-refractivity contribution in [2.24, 2.45) is 17.8 Å². The molecule has 2 aliphatic carbocycles. The maximum Gasteiger partial charge on any atom is 0.123 e. The number of nitrogens with one attached hydrogen (secondary N) is 1. The monoisotopic (exact) mass is 231 g/mol. The van der Waals surface area contributed by atoms with Crippen LogP contribution in [-0.2, 0) is 0 Å². The van der Waals surface area contributed by atoms with E-state index in [1.54, 1.807) is 0 Å². The first-order valence-electron chi connectivity index (χ1n) is 6.43. The quantitative estimate of drug-likeness (QED) is 0.779. The Labute approximate surface area is 102 Å². The summed E-state index contributed by atoms with van der Waals surface area (Å²) < 4.78 is 12.8. The van der Waals surface area contributed by atoms with Crippen molar-refractivity contribution in [3.05, 3.63) is 42.2 Å². The Bertz CT molecular complexity index is 423. The van der Waals surface area contributed by atoms with Gasteiger partial charge in [0, 0.05) is 11.7 Å². The summed E-state index contributed by atoms with van der Waals surface area (Å²) in [6.07, 6.45) is 7.38. The summed E-state index contributed by atoms with van der Waals surface area (Å²) in [7, 11) is 0. The Hall–Kier alpha value is -1.31. The molecule has 0 amide bonds. The molecule has 0 heterocycles. The Balaban J connectivity index is 1.65. The zero-order valence-electron chi connectivity index (χ0n) is 10.1. The summed E-state index contributed by atoms with van der Waals surface area (Å²) in [6.45, 7) is 2.24. The van der Waals surface area contributed by atoms with Crippen molar-refractivity contribution in [1.82, 2.24) is 0 Å². The van der Waals surface area contributed by atoms with E-state index in [0.717, 1.165) is 23.4 Å². The highest BCUT2D eigenvalue weighted by Gasteiger charge is 2.38. The van der Waals surface area contributed by atoms with Crippen LogP contribution < -0.4 is 5.32 Å². The molecule has 2 bridgehead atoms. The van der Waals surface area contributed by atoms with Gasteiger partial charge in [-0.15, -0.1) is 0 Å². The number of hydrogen-bond acceptors (Lipinski definition) is 1. The van der Waals surface area contributed by atoms with Gasteiger partial charge in [0.25, 0.3) is 0 Å². The van der Waals surface area contributed by atoms with Gasteiger partial charge in [-0.05, 0) is 61.8 Å². The van der Waals surface area contributed by atoms with Gasteiger partial charge in [0.2, 0.25) is 0 Å².